The van der Waals surface area contributed by atoms with Crippen molar-refractivity contribution in [1.29, 1.82) is 5.26 Å². The number of nitrogens with one attached hydrogen (secondary N) is 1. The number of piperazine rings is 1. The van der Waals surface area contributed by atoms with Gasteiger partial charge in [0.2, 0.25) is 5.91 Å². The van der Waals surface area contributed by atoms with E-state index in [0.717, 1.165) is 38.2 Å². The van der Waals surface area contributed by atoms with Gasteiger partial charge in [-0.05, 0) is 24.1 Å². The molecule has 8 nitrogen and oxygen atoms in total. The van der Waals surface area contributed by atoms with E-state index < -0.39 is 5.92 Å². The summed E-state index contributed by atoms with van der Waals surface area (Å²) in [6.07, 6.45) is 0.681. The lowest BCUT2D eigenvalue weighted by Gasteiger charge is -2.36. The largest absolute Gasteiger partial charge is 0.385 e. The fourth-order valence-electron chi connectivity index (χ4n) is 4.16. The van der Waals surface area contributed by atoms with Crippen molar-refractivity contribution in [3.63, 3.8) is 0 Å². The molecule has 1 fully saturated rings. The lowest BCUT2D eigenvalue weighted by molar-refractivity contribution is -0.121. The topological polar surface area (TPSA) is 94.4 Å². The predicted molar refractivity (Wildman–Crippen MR) is 131 cm³/mol. The van der Waals surface area contributed by atoms with Crippen molar-refractivity contribution in [3.8, 4) is 6.07 Å². The monoisotopic (exact) mass is 458 g/mol. The number of para-hydroxylation sites is 2. The van der Waals surface area contributed by atoms with E-state index >= 15 is 0 Å². The number of carbonyl (C=O) groups excluding carboxylic acids is 1. The molecular formula is C26H30N6O2. The van der Waals surface area contributed by atoms with Gasteiger partial charge in [0.15, 0.2) is 11.7 Å². The van der Waals surface area contributed by atoms with Crippen LogP contribution in [0.15, 0.2) is 54.6 Å². The standard InChI is InChI=1S/C26H30N6O2/c1-34-17-7-12-28-26(33)21(18-27)24-25(30-23-11-6-5-10-22(23)29-24)32-15-13-31(14-16-32)19-20-8-3-2-4-9-20/h2-6,8-11,21H,7,12-17,19H2,1H3,(H,28,33)/t21-/m1/s1. The van der Waals surface area contributed by atoms with Crippen molar-refractivity contribution in [2.45, 2.75) is 18.9 Å². The van der Waals surface area contributed by atoms with Crippen LogP contribution in [0.3, 0.4) is 0 Å². The van der Waals surface area contributed by atoms with Crippen LogP contribution in [0.4, 0.5) is 5.82 Å². The molecule has 0 unspecified atom stereocenters. The highest BCUT2D eigenvalue weighted by molar-refractivity contribution is 5.88. The summed E-state index contributed by atoms with van der Waals surface area (Å²) < 4.78 is 5.04. The zero-order valence-electron chi connectivity index (χ0n) is 19.5. The second kappa shape index (κ2) is 11.5. The van der Waals surface area contributed by atoms with Crippen molar-refractivity contribution in [3.05, 3.63) is 65.9 Å². The molecule has 1 amide bonds. The van der Waals surface area contributed by atoms with Crippen LogP contribution < -0.4 is 10.2 Å². The summed E-state index contributed by atoms with van der Waals surface area (Å²) in [5, 5.41) is 12.8. The summed E-state index contributed by atoms with van der Waals surface area (Å²) in [5.74, 6) is -0.763. The molecular weight excluding hydrogens is 428 g/mol. The van der Waals surface area contributed by atoms with Crippen molar-refractivity contribution < 1.29 is 9.53 Å². The summed E-state index contributed by atoms with van der Waals surface area (Å²) in [6, 6.07) is 20.2. The fourth-order valence-corrected chi connectivity index (χ4v) is 4.16. The van der Waals surface area contributed by atoms with Crippen molar-refractivity contribution in [2.75, 3.05) is 51.3 Å². The van der Waals surface area contributed by atoms with E-state index in [1.807, 2.05) is 30.3 Å². The normalized spacial score (nSPS) is 15.1. The molecule has 2 heterocycles. The number of amides is 1. The van der Waals surface area contributed by atoms with E-state index in [9.17, 15) is 10.1 Å². The van der Waals surface area contributed by atoms with Crippen molar-refractivity contribution in [1.82, 2.24) is 20.2 Å². The molecule has 1 N–H and O–H groups in total. The van der Waals surface area contributed by atoms with Gasteiger partial charge in [0.1, 0.15) is 5.69 Å². The highest BCUT2D eigenvalue weighted by atomic mass is 16.5. The summed E-state index contributed by atoms with van der Waals surface area (Å²) in [6.45, 7) is 5.12. The maximum atomic E-state index is 12.9. The second-order valence-corrected chi connectivity index (χ2v) is 8.37. The molecule has 0 aliphatic carbocycles. The van der Waals surface area contributed by atoms with Crippen LogP contribution in [0.1, 0.15) is 23.6 Å². The molecule has 1 aliphatic heterocycles. The van der Waals surface area contributed by atoms with Gasteiger partial charge in [-0.25, -0.2) is 9.97 Å². The van der Waals surface area contributed by atoms with Crippen molar-refractivity contribution in [2.24, 2.45) is 0 Å². The Kier molecular flexibility index (Phi) is 8.02. The Morgan fingerprint density at radius 3 is 2.41 bits per heavy atom. The first-order chi connectivity index (χ1) is 16.7. The van der Waals surface area contributed by atoms with Crippen LogP contribution >= 0.6 is 0 Å². The zero-order valence-corrected chi connectivity index (χ0v) is 19.5. The van der Waals surface area contributed by atoms with Gasteiger partial charge in [0.05, 0.1) is 17.1 Å². The van der Waals surface area contributed by atoms with Crippen LogP contribution in [0.5, 0.6) is 0 Å². The maximum absolute atomic E-state index is 12.9. The lowest BCUT2D eigenvalue weighted by Crippen LogP contribution is -2.47. The van der Waals surface area contributed by atoms with Gasteiger partial charge in [-0.15, -0.1) is 0 Å². The summed E-state index contributed by atoms with van der Waals surface area (Å²) in [4.78, 5) is 27.1. The summed E-state index contributed by atoms with van der Waals surface area (Å²) >= 11 is 0. The summed E-state index contributed by atoms with van der Waals surface area (Å²) in [7, 11) is 1.62. The minimum Gasteiger partial charge on any atom is -0.385 e. The molecule has 0 bridgehead atoms. The number of benzene rings is 2. The number of fused-ring (bicyclic) bond motifs is 1. The molecule has 0 radical (unpaired) electrons. The maximum Gasteiger partial charge on any atom is 0.243 e. The molecule has 0 saturated carbocycles. The molecule has 8 heteroatoms. The quantitative estimate of drug-likeness (QED) is 0.493. The first-order valence-corrected chi connectivity index (χ1v) is 11.6. The number of aromatic nitrogens is 2. The Labute approximate surface area is 200 Å². The Balaban J connectivity index is 1.55. The van der Waals surface area contributed by atoms with E-state index in [1.54, 1.807) is 7.11 Å². The lowest BCUT2D eigenvalue weighted by atomic mass is 10.0. The van der Waals surface area contributed by atoms with Crippen LogP contribution in [-0.4, -0.2) is 67.2 Å². The Bertz CT molecular complexity index is 1140. The molecule has 176 valence electrons. The fraction of sp³-hybridized carbons (Fsp3) is 0.385. The molecule has 1 saturated heterocycles. The van der Waals surface area contributed by atoms with E-state index in [-0.39, 0.29) is 5.91 Å². The number of hydrogen-bond donors (Lipinski definition) is 1. The SMILES string of the molecule is COCCCNC(=O)[C@H](C#N)c1nc2ccccc2nc1N1CCN(Cc2ccccc2)CC1. The van der Waals surface area contributed by atoms with E-state index in [0.29, 0.717) is 36.6 Å². The highest BCUT2D eigenvalue weighted by Crippen LogP contribution is 2.28. The molecule has 4 rings (SSSR count). The molecule has 1 aromatic heterocycles. The van der Waals surface area contributed by atoms with Crippen LogP contribution in [0.2, 0.25) is 0 Å². The number of nitrogens with zero attached hydrogens (tertiary/aromatic N) is 5. The third-order valence-corrected chi connectivity index (χ3v) is 5.99. The molecule has 34 heavy (non-hydrogen) atoms. The molecule has 1 atom stereocenters. The minimum atomic E-state index is -1.03. The van der Waals surface area contributed by atoms with Crippen molar-refractivity contribution >= 4 is 22.8 Å². The first-order valence-electron chi connectivity index (χ1n) is 11.6. The van der Waals surface area contributed by atoms with Gasteiger partial charge < -0.3 is 15.0 Å². The molecule has 1 aliphatic rings. The first kappa shape index (κ1) is 23.6. The summed E-state index contributed by atoms with van der Waals surface area (Å²) in [5.41, 5.74) is 3.14. The third-order valence-electron chi connectivity index (χ3n) is 5.99. The number of methoxy groups -OCH3 is 1. The third kappa shape index (κ3) is 5.68. The predicted octanol–water partition coefficient (Wildman–Crippen LogP) is 2.71. The van der Waals surface area contributed by atoms with Gasteiger partial charge in [0, 0.05) is 53.0 Å². The Morgan fingerprint density at radius 1 is 1.06 bits per heavy atom. The number of anilines is 1. The molecule has 3 aromatic rings. The number of hydrogen-bond acceptors (Lipinski definition) is 7. The van der Waals surface area contributed by atoms with Gasteiger partial charge >= 0.3 is 0 Å². The Morgan fingerprint density at radius 2 is 1.74 bits per heavy atom. The van der Waals surface area contributed by atoms with E-state index in [2.05, 4.69) is 45.5 Å². The smallest absolute Gasteiger partial charge is 0.243 e. The van der Waals surface area contributed by atoms with E-state index in [1.165, 1.54) is 5.56 Å². The van der Waals surface area contributed by atoms with Gasteiger partial charge in [-0.2, -0.15) is 5.26 Å². The minimum absolute atomic E-state index is 0.354. The highest BCUT2D eigenvalue weighted by Gasteiger charge is 2.30. The van der Waals surface area contributed by atoms with Gasteiger partial charge in [-0.3, -0.25) is 9.69 Å². The number of ether oxygens (including phenoxy) is 1. The van der Waals surface area contributed by atoms with Gasteiger partial charge in [-0.1, -0.05) is 42.5 Å². The molecule has 0 spiro atoms. The van der Waals surface area contributed by atoms with Gasteiger partial charge in [0.25, 0.3) is 0 Å². The average Bonchev–Trinajstić information content (AvgIpc) is 2.88. The second-order valence-electron chi connectivity index (χ2n) is 8.37. The number of rotatable bonds is 9. The van der Waals surface area contributed by atoms with Crippen LogP contribution in [0, 0.1) is 11.3 Å². The number of nitriles is 1. The van der Waals surface area contributed by atoms with E-state index in [4.69, 9.17) is 14.7 Å². The number of carbonyl (C=O) groups is 1. The Hall–Kier alpha value is -3.54. The molecule has 2 aromatic carbocycles. The van der Waals surface area contributed by atoms with Crippen LogP contribution in [0.25, 0.3) is 11.0 Å². The van der Waals surface area contributed by atoms with Crippen LogP contribution in [-0.2, 0) is 16.1 Å². The zero-order chi connectivity index (χ0) is 23.8. The average molecular weight is 459 g/mol.